The first-order valence-corrected chi connectivity index (χ1v) is 6.99. The van der Waals surface area contributed by atoms with Gasteiger partial charge in [0.1, 0.15) is 0 Å². The van der Waals surface area contributed by atoms with Gasteiger partial charge in [-0.1, -0.05) is 19.9 Å². The summed E-state index contributed by atoms with van der Waals surface area (Å²) in [7, 11) is 0. The van der Waals surface area contributed by atoms with Crippen molar-refractivity contribution in [2.75, 3.05) is 0 Å². The minimum atomic E-state index is -1.00. The molecule has 1 aromatic rings. The number of rotatable bonds is 3. The zero-order valence-electron chi connectivity index (χ0n) is 11.5. The van der Waals surface area contributed by atoms with Crippen LogP contribution < -0.4 is 0 Å². The predicted octanol–water partition coefficient (Wildman–Crippen LogP) is 4.61. The van der Waals surface area contributed by atoms with Gasteiger partial charge in [0.05, 0.1) is 5.56 Å². The summed E-state index contributed by atoms with van der Waals surface area (Å²) >= 11 is 0. The number of Topliss-reactive ketones (excluding diaryl/α,β-unsaturated/α-hetero) is 1. The standard InChI is InChI=1S/C16H20F2O/c1-10(2)11-6-8-12(9-7-11)16(19)13-4-3-5-14(17)15(13)18/h3-5,10-12H,6-9H2,1-2H3. The van der Waals surface area contributed by atoms with Crippen molar-refractivity contribution in [2.24, 2.45) is 17.8 Å². The lowest BCUT2D eigenvalue weighted by Crippen LogP contribution is -2.25. The van der Waals surface area contributed by atoms with Crippen molar-refractivity contribution in [3.8, 4) is 0 Å². The van der Waals surface area contributed by atoms with E-state index < -0.39 is 11.6 Å². The molecule has 1 aromatic carbocycles. The molecule has 0 bridgehead atoms. The van der Waals surface area contributed by atoms with Crippen LogP contribution in [-0.2, 0) is 0 Å². The summed E-state index contributed by atoms with van der Waals surface area (Å²) in [4.78, 5) is 12.2. The van der Waals surface area contributed by atoms with Crippen LogP contribution >= 0.6 is 0 Å². The number of carbonyl (C=O) groups excluding carboxylic acids is 1. The number of carbonyl (C=O) groups is 1. The molecule has 0 N–H and O–H groups in total. The van der Waals surface area contributed by atoms with Gasteiger partial charge in [-0.25, -0.2) is 8.78 Å². The highest BCUT2D eigenvalue weighted by Gasteiger charge is 2.29. The Morgan fingerprint density at radius 3 is 2.37 bits per heavy atom. The van der Waals surface area contributed by atoms with E-state index in [-0.39, 0.29) is 17.3 Å². The van der Waals surface area contributed by atoms with Crippen molar-refractivity contribution in [3.63, 3.8) is 0 Å². The van der Waals surface area contributed by atoms with Crippen LogP contribution in [0.3, 0.4) is 0 Å². The van der Waals surface area contributed by atoms with E-state index in [0.717, 1.165) is 31.7 Å². The van der Waals surface area contributed by atoms with Crippen LogP contribution in [0.4, 0.5) is 8.78 Å². The topological polar surface area (TPSA) is 17.1 Å². The largest absolute Gasteiger partial charge is 0.294 e. The fourth-order valence-corrected chi connectivity index (χ4v) is 2.96. The van der Waals surface area contributed by atoms with Gasteiger partial charge in [-0.05, 0) is 49.7 Å². The minimum Gasteiger partial charge on any atom is -0.294 e. The molecule has 1 fully saturated rings. The van der Waals surface area contributed by atoms with E-state index in [2.05, 4.69) is 13.8 Å². The van der Waals surface area contributed by atoms with Gasteiger partial charge in [-0.15, -0.1) is 0 Å². The second-order valence-electron chi connectivity index (χ2n) is 5.82. The zero-order chi connectivity index (χ0) is 14.0. The smallest absolute Gasteiger partial charge is 0.169 e. The summed E-state index contributed by atoms with van der Waals surface area (Å²) in [6.45, 7) is 4.39. The molecule has 1 saturated carbocycles. The molecule has 1 nitrogen and oxygen atoms in total. The van der Waals surface area contributed by atoms with E-state index in [9.17, 15) is 13.6 Å². The van der Waals surface area contributed by atoms with Crippen molar-refractivity contribution in [3.05, 3.63) is 35.4 Å². The second kappa shape index (κ2) is 5.81. The molecule has 0 atom stereocenters. The first-order valence-electron chi connectivity index (χ1n) is 6.99. The Balaban J connectivity index is 2.07. The van der Waals surface area contributed by atoms with Gasteiger partial charge in [-0.2, -0.15) is 0 Å². The highest BCUT2D eigenvalue weighted by molar-refractivity contribution is 5.98. The zero-order valence-corrected chi connectivity index (χ0v) is 11.5. The van der Waals surface area contributed by atoms with Gasteiger partial charge in [-0.3, -0.25) is 4.79 Å². The Morgan fingerprint density at radius 1 is 1.16 bits per heavy atom. The molecule has 0 amide bonds. The van der Waals surface area contributed by atoms with Crippen molar-refractivity contribution >= 4 is 5.78 Å². The van der Waals surface area contributed by atoms with E-state index in [1.165, 1.54) is 12.1 Å². The highest BCUT2D eigenvalue weighted by Crippen LogP contribution is 2.35. The fourth-order valence-electron chi connectivity index (χ4n) is 2.96. The van der Waals surface area contributed by atoms with Crippen LogP contribution in [0.15, 0.2) is 18.2 Å². The van der Waals surface area contributed by atoms with Crippen molar-refractivity contribution in [1.82, 2.24) is 0 Å². The third-order valence-electron chi connectivity index (χ3n) is 4.30. The van der Waals surface area contributed by atoms with Crippen LogP contribution in [-0.4, -0.2) is 5.78 Å². The maximum Gasteiger partial charge on any atom is 0.169 e. The van der Waals surface area contributed by atoms with E-state index in [4.69, 9.17) is 0 Å². The molecule has 0 unspecified atom stereocenters. The first-order chi connectivity index (χ1) is 9.00. The number of ketones is 1. The van der Waals surface area contributed by atoms with E-state index >= 15 is 0 Å². The summed E-state index contributed by atoms with van der Waals surface area (Å²) < 4.78 is 26.8. The minimum absolute atomic E-state index is 0.0898. The first kappa shape index (κ1) is 14.2. The van der Waals surface area contributed by atoms with E-state index in [0.29, 0.717) is 11.8 Å². The van der Waals surface area contributed by atoms with Gasteiger partial charge in [0, 0.05) is 5.92 Å². The number of halogens is 2. The molecule has 1 aliphatic rings. The summed E-state index contributed by atoms with van der Waals surface area (Å²) in [6, 6.07) is 3.82. The van der Waals surface area contributed by atoms with Crippen molar-refractivity contribution in [2.45, 2.75) is 39.5 Å². The fraction of sp³-hybridized carbons (Fsp3) is 0.562. The summed E-state index contributed by atoms with van der Waals surface area (Å²) in [5, 5.41) is 0. The molecule has 0 spiro atoms. The molecule has 19 heavy (non-hydrogen) atoms. The molecule has 0 aromatic heterocycles. The lowest BCUT2D eigenvalue weighted by Gasteiger charge is -2.30. The van der Waals surface area contributed by atoms with Crippen molar-refractivity contribution < 1.29 is 13.6 Å². The van der Waals surface area contributed by atoms with E-state index in [1.54, 1.807) is 0 Å². The Hall–Kier alpha value is -1.25. The molecule has 0 aliphatic heterocycles. The SMILES string of the molecule is CC(C)C1CCC(C(=O)c2cccc(F)c2F)CC1. The Kier molecular flexibility index (Phi) is 4.33. The third-order valence-corrected chi connectivity index (χ3v) is 4.30. The average molecular weight is 266 g/mol. The molecule has 3 heteroatoms. The molecule has 0 heterocycles. The predicted molar refractivity (Wildman–Crippen MR) is 71.0 cm³/mol. The molecule has 1 aliphatic carbocycles. The maximum absolute atomic E-state index is 13.6. The summed E-state index contributed by atoms with van der Waals surface area (Å²) in [5.41, 5.74) is -0.0898. The molecular weight excluding hydrogens is 246 g/mol. The number of hydrogen-bond donors (Lipinski definition) is 0. The monoisotopic (exact) mass is 266 g/mol. The van der Waals surface area contributed by atoms with Crippen LogP contribution in [0.5, 0.6) is 0 Å². The average Bonchev–Trinajstić information content (AvgIpc) is 2.41. The molecule has 104 valence electrons. The Labute approximate surface area is 113 Å². The van der Waals surface area contributed by atoms with Gasteiger partial charge in [0.25, 0.3) is 0 Å². The Bertz CT molecular complexity index is 460. The van der Waals surface area contributed by atoms with Gasteiger partial charge < -0.3 is 0 Å². The van der Waals surface area contributed by atoms with Crippen LogP contribution in [0.2, 0.25) is 0 Å². The second-order valence-corrected chi connectivity index (χ2v) is 5.82. The van der Waals surface area contributed by atoms with Crippen LogP contribution in [0.1, 0.15) is 49.9 Å². The molecule has 2 rings (SSSR count). The van der Waals surface area contributed by atoms with Crippen LogP contribution in [0.25, 0.3) is 0 Å². The third kappa shape index (κ3) is 3.02. The molecule has 0 radical (unpaired) electrons. The maximum atomic E-state index is 13.6. The highest BCUT2D eigenvalue weighted by atomic mass is 19.2. The quantitative estimate of drug-likeness (QED) is 0.730. The summed E-state index contributed by atoms with van der Waals surface area (Å²) in [6.07, 6.45) is 3.59. The van der Waals surface area contributed by atoms with Gasteiger partial charge in [0.2, 0.25) is 0 Å². The van der Waals surface area contributed by atoms with Gasteiger partial charge >= 0.3 is 0 Å². The lowest BCUT2D eigenvalue weighted by atomic mass is 9.75. The van der Waals surface area contributed by atoms with Gasteiger partial charge in [0.15, 0.2) is 17.4 Å². The van der Waals surface area contributed by atoms with E-state index in [1.807, 2.05) is 0 Å². The normalized spacial score (nSPS) is 23.6. The molecular formula is C16H20F2O. The lowest BCUT2D eigenvalue weighted by molar-refractivity contribution is 0.0853. The Morgan fingerprint density at radius 2 is 1.79 bits per heavy atom. The number of benzene rings is 1. The van der Waals surface area contributed by atoms with Crippen molar-refractivity contribution in [1.29, 1.82) is 0 Å². The summed E-state index contributed by atoms with van der Waals surface area (Å²) in [5.74, 6) is -1.05. The molecule has 0 saturated heterocycles. The van der Waals surface area contributed by atoms with Crippen LogP contribution in [0, 0.1) is 29.4 Å². The number of hydrogen-bond acceptors (Lipinski definition) is 1.